The van der Waals surface area contributed by atoms with Crippen LogP contribution in [0.5, 0.6) is 0 Å². The molecule has 0 aliphatic heterocycles. The van der Waals surface area contributed by atoms with Crippen molar-refractivity contribution in [3.05, 3.63) is 53.4 Å². The van der Waals surface area contributed by atoms with Crippen molar-refractivity contribution >= 4 is 17.2 Å². The Morgan fingerprint density at radius 1 is 1.39 bits per heavy atom. The van der Waals surface area contributed by atoms with E-state index in [9.17, 15) is 4.79 Å². The molecule has 3 rings (SSSR count). The average molecular weight is 332 g/mol. The lowest BCUT2D eigenvalue weighted by atomic mass is 10.3. The predicted octanol–water partition coefficient (Wildman–Crippen LogP) is 3.28. The SMILES string of the molecule is COCCN(Cc1cc(-c2cccs2)on1)C(=O)c1ccco1. The summed E-state index contributed by atoms with van der Waals surface area (Å²) in [6.45, 7) is 1.21. The summed E-state index contributed by atoms with van der Waals surface area (Å²) in [6.07, 6.45) is 1.48. The molecule has 1 amide bonds. The highest BCUT2D eigenvalue weighted by molar-refractivity contribution is 7.13. The Balaban J connectivity index is 1.74. The van der Waals surface area contributed by atoms with Gasteiger partial charge in [-0.25, -0.2) is 0 Å². The van der Waals surface area contributed by atoms with Crippen molar-refractivity contribution in [2.45, 2.75) is 6.54 Å². The maximum Gasteiger partial charge on any atom is 0.289 e. The van der Waals surface area contributed by atoms with Crippen LogP contribution in [0.4, 0.5) is 0 Å². The van der Waals surface area contributed by atoms with Gasteiger partial charge in [0.15, 0.2) is 11.5 Å². The molecule has 6 nitrogen and oxygen atoms in total. The van der Waals surface area contributed by atoms with Crippen molar-refractivity contribution in [2.24, 2.45) is 0 Å². The molecule has 0 spiro atoms. The number of carbonyl (C=O) groups is 1. The Morgan fingerprint density at radius 2 is 2.30 bits per heavy atom. The Kier molecular flexibility index (Phi) is 4.89. The molecule has 0 N–H and O–H groups in total. The van der Waals surface area contributed by atoms with Gasteiger partial charge < -0.3 is 18.6 Å². The molecule has 120 valence electrons. The van der Waals surface area contributed by atoms with E-state index >= 15 is 0 Å². The number of hydrogen-bond acceptors (Lipinski definition) is 6. The number of rotatable bonds is 7. The van der Waals surface area contributed by atoms with Crippen molar-refractivity contribution in [2.75, 3.05) is 20.3 Å². The Morgan fingerprint density at radius 3 is 3.00 bits per heavy atom. The number of nitrogens with zero attached hydrogens (tertiary/aromatic N) is 2. The van der Waals surface area contributed by atoms with E-state index in [2.05, 4.69) is 5.16 Å². The average Bonchev–Trinajstić information content (AvgIpc) is 3.32. The first kappa shape index (κ1) is 15.5. The highest BCUT2D eigenvalue weighted by Crippen LogP contribution is 2.25. The van der Waals surface area contributed by atoms with E-state index in [1.807, 2.05) is 23.6 Å². The van der Waals surface area contributed by atoms with Gasteiger partial charge >= 0.3 is 0 Å². The minimum atomic E-state index is -0.201. The molecular formula is C16H16N2O4S. The molecule has 0 bridgehead atoms. The zero-order valence-electron chi connectivity index (χ0n) is 12.6. The maximum absolute atomic E-state index is 12.5. The van der Waals surface area contributed by atoms with Gasteiger partial charge in [-0.15, -0.1) is 11.3 Å². The van der Waals surface area contributed by atoms with Crippen LogP contribution in [0, 0.1) is 0 Å². The largest absolute Gasteiger partial charge is 0.459 e. The van der Waals surface area contributed by atoms with Gasteiger partial charge in [-0.1, -0.05) is 11.2 Å². The van der Waals surface area contributed by atoms with Crippen LogP contribution in [0.3, 0.4) is 0 Å². The van der Waals surface area contributed by atoms with Gasteiger partial charge in [-0.3, -0.25) is 4.79 Å². The van der Waals surface area contributed by atoms with Gasteiger partial charge in [0.1, 0.15) is 5.69 Å². The summed E-state index contributed by atoms with van der Waals surface area (Å²) in [5, 5.41) is 6.03. The first-order valence-corrected chi connectivity index (χ1v) is 7.97. The lowest BCUT2D eigenvalue weighted by molar-refractivity contribution is 0.0645. The van der Waals surface area contributed by atoms with E-state index in [-0.39, 0.29) is 5.91 Å². The van der Waals surface area contributed by atoms with Crippen LogP contribution in [0.2, 0.25) is 0 Å². The summed E-state index contributed by atoms with van der Waals surface area (Å²) in [7, 11) is 1.60. The summed E-state index contributed by atoms with van der Waals surface area (Å²) in [5.74, 6) is 0.794. The van der Waals surface area contributed by atoms with Gasteiger partial charge in [-0.05, 0) is 23.6 Å². The van der Waals surface area contributed by atoms with Crippen molar-refractivity contribution in [3.8, 4) is 10.6 Å². The van der Waals surface area contributed by atoms with Crippen LogP contribution in [0.25, 0.3) is 10.6 Å². The van der Waals surface area contributed by atoms with Crippen LogP contribution in [0.1, 0.15) is 16.2 Å². The second-order valence-corrected chi connectivity index (χ2v) is 5.80. The van der Waals surface area contributed by atoms with Crippen molar-refractivity contribution in [1.29, 1.82) is 0 Å². The molecule has 7 heteroatoms. The van der Waals surface area contributed by atoms with E-state index in [1.54, 1.807) is 35.5 Å². The fourth-order valence-corrected chi connectivity index (χ4v) is 2.80. The number of methoxy groups -OCH3 is 1. The van der Waals surface area contributed by atoms with Gasteiger partial charge in [0.05, 0.1) is 24.3 Å². The number of amides is 1. The number of thiophene rings is 1. The first-order valence-electron chi connectivity index (χ1n) is 7.09. The molecule has 3 aromatic rings. The highest BCUT2D eigenvalue weighted by Gasteiger charge is 2.20. The molecule has 3 heterocycles. The molecule has 3 aromatic heterocycles. The third-order valence-corrected chi connectivity index (χ3v) is 4.14. The Bertz CT molecular complexity index is 734. The summed E-state index contributed by atoms with van der Waals surface area (Å²) >= 11 is 1.58. The smallest absolute Gasteiger partial charge is 0.289 e. The molecule has 0 saturated carbocycles. The molecule has 0 aliphatic carbocycles. The molecule has 0 radical (unpaired) electrons. The monoisotopic (exact) mass is 332 g/mol. The molecule has 0 unspecified atom stereocenters. The molecular weight excluding hydrogens is 316 g/mol. The summed E-state index contributed by atoms with van der Waals surface area (Å²) < 4.78 is 15.6. The van der Waals surface area contributed by atoms with Crippen LogP contribution in [0.15, 0.2) is 50.9 Å². The van der Waals surface area contributed by atoms with Gasteiger partial charge in [-0.2, -0.15) is 0 Å². The van der Waals surface area contributed by atoms with Gasteiger partial charge in [0.25, 0.3) is 5.91 Å². The van der Waals surface area contributed by atoms with E-state index in [4.69, 9.17) is 13.7 Å². The minimum absolute atomic E-state index is 0.201. The Labute approximate surface area is 137 Å². The zero-order valence-corrected chi connectivity index (χ0v) is 13.4. The topological polar surface area (TPSA) is 68.7 Å². The molecule has 0 atom stereocenters. The molecule has 0 saturated heterocycles. The van der Waals surface area contributed by atoms with Crippen LogP contribution >= 0.6 is 11.3 Å². The van der Waals surface area contributed by atoms with E-state index in [0.717, 1.165) is 4.88 Å². The van der Waals surface area contributed by atoms with Crippen molar-refractivity contribution in [3.63, 3.8) is 0 Å². The first-order chi connectivity index (χ1) is 11.3. The fraction of sp³-hybridized carbons (Fsp3) is 0.250. The summed E-state index contributed by atoms with van der Waals surface area (Å²) in [5.41, 5.74) is 0.685. The van der Waals surface area contributed by atoms with Gasteiger partial charge in [0.2, 0.25) is 0 Å². The molecule has 0 fully saturated rings. The van der Waals surface area contributed by atoms with Crippen LogP contribution in [-0.2, 0) is 11.3 Å². The number of aromatic nitrogens is 1. The number of ether oxygens (including phenoxy) is 1. The van der Waals surface area contributed by atoms with Crippen molar-refractivity contribution < 1.29 is 18.5 Å². The highest BCUT2D eigenvalue weighted by atomic mass is 32.1. The molecule has 0 aromatic carbocycles. The van der Waals surface area contributed by atoms with Gasteiger partial charge in [0, 0.05) is 19.7 Å². The number of furan rings is 1. The third kappa shape index (κ3) is 3.69. The van der Waals surface area contributed by atoms with Crippen LogP contribution < -0.4 is 0 Å². The second kappa shape index (κ2) is 7.26. The third-order valence-electron chi connectivity index (χ3n) is 3.26. The summed E-state index contributed by atoms with van der Waals surface area (Å²) in [6, 6.07) is 9.09. The second-order valence-electron chi connectivity index (χ2n) is 4.86. The maximum atomic E-state index is 12.5. The fourth-order valence-electron chi connectivity index (χ4n) is 2.13. The predicted molar refractivity (Wildman–Crippen MR) is 85.1 cm³/mol. The lowest BCUT2D eigenvalue weighted by Gasteiger charge is -2.19. The lowest BCUT2D eigenvalue weighted by Crippen LogP contribution is -2.33. The number of carbonyl (C=O) groups excluding carboxylic acids is 1. The van der Waals surface area contributed by atoms with E-state index in [1.165, 1.54) is 6.26 Å². The number of hydrogen-bond donors (Lipinski definition) is 0. The zero-order chi connectivity index (χ0) is 16.1. The normalized spacial score (nSPS) is 10.8. The van der Waals surface area contributed by atoms with Crippen LogP contribution in [-0.4, -0.2) is 36.2 Å². The summed E-state index contributed by atoms with van der Waals surface area (Å²) in [4.78, 5) is 15.1. The Hall–Kier alpha value is -2.38. The van der Waals surface area contributed by atoms with E-state index in [0.29, 0.717) is 36.9 Å². The molecule has 23 heavy (non-hydrogen) atoms. The molecule has 0 aliphatic rings. The quantitative estimate of drug-likeness (QED) is 0.664. The standard InChI is InChI=1S/C16H16N2O4S/c1-20-8-6-18(16(19)13-4-2-7-21-13)11-12-10-14(22-17-12)15-5-3-9-23-15/h2-5,7,9-10H,6,8,11H2,1H3. The minimum Gasteiger partial charge on any atom is -0.459 e. The van der Waals surface area contributed by atoms with E-state index < -0.39 is 0 Å². The van der Waals surface area contributed by atoms with Crippen molar-refractivity contribution in [1.82, 2.24) is 10.1 Å².